The maximum atomic E-state index is 6.45. The molecule has 0 atom stereocenters. The van der Waals surface area contributed by atoms with E-state index in [1.54, 1.807) is 38.7 Å². The van der Waals surface area contributed by atoms with Crippen LogP contribution in [0.15, 0.2) is 74.5 Å². The highest BCUT2D eigenvalue weighted by molar-refractivity contribution is 8.01. The van der Waals surface area contributed by atoms with E-state index >= 15 is 0 Å². The Labute approximate surface area is 209 Å². The number of oxazole rings is 1. The second-order valence-corrected chi connectivity index (χ2v) is 9.72. The minimum absolute atomic E-state index is 0.404. The number of methoxy groups -OCH3 is 3. The molecule has 3 aromatic carbocycles. The number of aromatic nitrogens is 2. The second kappa shape index (κ2) is 9.58. The first-order valence-corrected chi connectivity index (χ1v) is 12.2. The lowest BCUT2D eigenvalue weighted by Crippen LogP contribution is -1.97. The van der Waals surface area contributed by atoms with Crippen molar-refractivity contribution in [2.24, 2.45) is 0 Å². The van der Waals surface area contributed by atoms with Crippen molar-refractivity contribution >= 4 is 44.9 Å². The van der Waals surface area contributed by atoms with Crippen LogP contribution in [0.4, 0.5) is 0 Å². The maximum Gasteiger partial charge on any atom is 0.229 e. The number of thiazole rings is 1. The topological polar surface area (TPSA) is 66.6 Å². The number of hydrogen-bond acceptors (Lipinski definition) is 8. The van der Waals surface area contributed by atoms with Crippen LogP contribution in [0.5, 0.6) is 17.2 Å². The third-order valence-electron chi connectivity index (χ3n) is 5.11. The van der Waals surface area contributed by atoms with Crippen molar-refractivity contribution in [1.82, 2.24) is 9.97 Å². The summed E-state index contributed by atoms with van der Waals surface area (Å²) in [4.78, 5) is 9.57. The zero-order chi connectivity index (χ0) is 23.7. The summed E-state index contributed by atoms with van der Waals surface area (Å²) in [6, 6.07) is 19.1. The number of para-hydroxylation sites is 1. The molecule has 0 N–H and O–H groups in total. The summed E-state index contributed by atoms with van der Waals surface area (Å²) in [5, 5.41) is 1.12. The van der Waals surface area contributed by atoms with Gasteiger partial charge >= 0.3 is 0 Å². The van der Waals surface area contributed by atoms with E-state index in [2.05, 4.69) is 0 Å². The lowest BCUT2D eigenvalue weighted by Gasteiger charge is -2.15. The number of rotatable bonds is 7. The first-order chi connectivity index (χ1) is 16.6. The molecule has 0 unspecified atom stereocenters. The number of hydrogen-bond donors (Lipinski definition) is 0. The zero-order valence-electron chi connectivity index (χ0n) is 18.5. The fourth-order valence-corrected chi connectivity index (χ4v) is 5.81. The number of benzene rings is 3. The van der Waals surface area contributed by atoms with Crippen LogP contribution < -0.4 is 14.2 Å². The van der Waals surface area contributed by atoms with Gasteiger partial charge in [0.1, 0.15) is 5.69 Å². The number of ether oxygens (including phenoxy) is 3. The van der Waals surface area contributed by atoms with E-state index in [1.165, 1.54) is 11.8 Å². The normalized spacial score (nSPS) is 11.1. The molecule has 0 spiro atoms. The summed E-state index contributed by atoms with van der Waals surface area (Å²) >= 11 is 9.44. The molecule has 0 saturated heterocycles. The van der Waals surface area contributed by atoms with E-state index < -0.39 is 0 Å². The smallest absolute Gasteiger partial charge is 0.229 e. The maximum absolute atomic E-state index is 6.45. The number of halogens is 1. The Balaban J connectivity index is 1.69. The Morgan fingerprint density at radius 3 is 2.32 bits per heavy atom. The minimum Gasteiger partial charge on any atom is -0.493 e. The lowest BCUT2D eigenvalue weighted by atomic mass is 10.1. The largest absolute Gasteiger partial charge is 0.493 e. The van der Waals surface area contributed by atoms with Gasteiger partial charge in [0.2, 0.25) is 11.6 Å². The molecule has 0 fully saturated rings. The van der Waals surface area contributed by atoms with Crippen molar-refractivity contribution in [2.45, 2.75) is 9.43 Å². The SMILES string of the molecule is COc1ccc(-c2nc(-c3ccccc3Cl)oc2Sc2nc3ccccc3s2)c(OC)c1OC. The Morgan fingerprint density at radius 1 is 0.824 bits per heavy atom. The van der Waals surface area contributed by atoms with Gasteiger partial charge in [0, 0.05) is 0 Å². The summed E-state index contributed by atoms with van der Waals surface area (Å²) in [6.07, 6.45) is 0. The molecule has 0 aliphatic rings. The molecule has 0 aliphatic heterocycles. The number of fused-ring (bicyclic) bond motifs is 1. The van der Waals surface area contributed by atoms with E-state index in [0.717, 1.165) is 14.6 Å². The molecule has 0 saturated carbocycles. The highest BCUT2D eigenvalue weighted by Gasteiger charge is 2.26. The van der Waals surface area contributed by atoms with Gasteiger partial charge in [-0.05, 0) is 48.2 Å². The van der Waals surface area contributed by atoms with Crippen LogP contribution in [0.25, 0.3) is 32.9 Å². The predicted octanol–water partition coefficient (Wildman–Crippen LogP) is 7.45. The average molecular weight is 511 g/mol. The molecule has 0 amide bonds. The Kier molecular flexibility index (Phi) is 6.36. The Hall–Kier alpha value is -3.20. The van der Waals surface area contributed by atoms with Gasteiger partial charge in [-0.3, -0.25) is 0 Å². The number of nitrogens with zero attached hydrogens (tertiary/aromatic N) is 2. The molecular weight excluding hydrogens is 492 g/mol. The van der Waals surface area contributed by atoms with Crippen LogP contribution in [-0.4, -0.2) is 31.3 Å². The zero-order valence-corrected chi connectivity index (χ0v) is 20.9. The summed E-state index contributed by atoms with van der Waals surface area (Å²) in [5.74, 6) is 1.92. The van der Waals surface area contributed by atoms with Gasteiger partial charge in [0.25, 0.3) is 0 Å². The molecule has 0 aliphatic carbocycles. The van der Waals surface area contributed by atoms with E-state index in [0.29, 0.717) is 50.1 Å². The first-order valence-electron chi connectivity index (χ1n) is 10.2. The third kappa shape index (κ3) is 4.09. The summed E-state index contributed by atoms with van der Waals surface area (Å²) < 4.78 is 25.0. The molecular formula is C25H19ClN2O4S2. The van der Waals surface area contributed by atoms with E-state index in [-0.39, 0.29) is 0 Å². The van der Waals surface area contributed by atoms with E-state index in [9.17, 15) is 0 Å². The van der Waals surface area contributed by atoms with Crippen molar-refractivity contribution in [2.75, 3.05) is 21.3 Å². The molecule has 2 aromatic heterocycles. The molecule has 2 heterocycles. The fraction of sp³-hybridized carbons (Fsp3) is 0.120. The van der Waals surface area contributed by atoms with Gasteiger partial charge in [0.15, 0.2) is 20.9 Å². The second-order valence-electron chi connectivity index (χ2n) is 7.07. The molecule has 34 heavy (non-hydrogen) atoms. The van der Waals surface area contributed by atoms with Crippen LogP contribution in [0.3, 0.4) is 0 Å². The molecule has 0 radical (unpaired) electrons. The molecule has 5 rings (SSSR count). The van der Waals surface area contributed by atoms with E-state index in [1.807, 2.05) is 54.6 Å². The van der Waals surface area contributed by atoms with Gasteiger partial charge in [0.05, 0.1) is 47.7 Å². The highest BCUT2D eigenvalue weighted by atomic mass is 35.5. The van der Waals surface area contributed by atoms with Gasteiger partial charge in [-0.25, -0.2) is 9.97 Å². The molecule has 0 bridgehead atoms. The molecule has 6 nitrogen and oxygen atoms in total. The Morgan fingerprint density at radius 2 is 1.59 bits per heavy atom. The quantitative estimate of drug-likeness (QED) is 0.225. The predicted molar refractivity (Wildman–Crippen MR) is 136 cm³/mol. The van der Waals surface area contributed by atoms with Crippen molar-refractivity contribution in [1.29, 1.82) is 0 Å². The molecule has 9 heteroatoms. The summed E-state index contributed by atoms with van der Waals surface area (Å²) in [7, 11) is 4.73. The standard InChI is InChI=1S/C25H19ClN2O4S2/c1-29-18-13-12-15(21(30-2)22(18)31-3)20-24(32-23(28-20)14-8-4-5-9-16(14)26)34-25-27-17-10-6-7-11-19(17)33-25/h4-13H,1-3H3. The minimum atomic E-state index is 0.404. The van der Waals surface area contributed by atoms with Crippen molar-refractivity contribution in [3.05, 3.63) is 65.7 Å². The van der Waals surface area contributed by atoms with Crippen LogP contribution in [0, 0.1) is 0 Å². The fourth-order valence-electron chi connectivity index (χ4n) is 3.56. The Bertz CT molecular complexity index is 1450. The van der Waals surface area contributed by atoms with Crippen molar-refractivity contribution < 1.29 is 18.6 Å². The van der Waals surface area contributed by atoms with Crippen LogP contribution in [0.2, 0.25) is 5.02 Å². The lowest BCUT2D eigenvalue weighted by molar-refractivity contribution is 0.325. The molecule has 172 valence electrons. The van der Waals surface area contributed by atoms with Gasteiger partial charge in [-0.1, -0.05) is 35.9 Å². The monoisotopic (exact) mass is 510 g/mol. The van der Waals surface area contributed by atoms with Gasteiger partial charge in [-0.2, -0.15) is 0 Å². The van der Waals surface area contributed by atoms with E-state index in [4.69, 9.17) is 40.2 Å². The summed E-state index contributed by atoms with van der Waals surface area (Å²) in [6.45, 7) is 0. The summed E-state index contributed by atoms with van der Waals surface area (Å²) in [5.41, 5.74) is 2.93. The first kappa shape index (κ1) is 22.6. The average Bonchev–Trinajstić information content (AvgIpc) is 3.47. The molecule has 5 aromatic rings. The van der Waals surface area contributed by atoms with Crippen LogP contribution in [-0.2, 0) is 0 Å². The van der Waals surface area contributed by atoms with Gasteiger partial charge in [-0.15, -0.1) is 11.3 Å². The highest BCUT2D eigenvalue weighted by Crippen LogP contribution is 2.49. The van der Waals surface area contributed by atoms with Crippen LogP contribution >= 0.6 is 34.7 Å². The van der Waals surface area contributed by atoms with Crippen LogP contribution in [0.1, 0.15) is 0 Å². The third-order valence-corrected chi connectivity index (χ3v) is 7.50. The van der Waals surface area contributed by atoms with Gasteiger partial charge < -0.3 is 18.6 Å². The van der Waals surface area contributed by atoms with Crippen molar-refractivity contribution in [3.8, 4) is 40.0 Å². The van der Waals surface area contributed by atoms with Crippen molar-refractivity contribution in [3.63, 3.8) is 0 Å².